The number of rotatable bonds is 0. The highest BCUT2D eigenvalue weighted by atomic mass is 14.3. The molecule has 66 heavy (non-hydrogen) atoms. The minimum atomic E-state index is -0.0457. The van der Waals surface area contributed by atoms with Crippen molar-refractivity contribution in [1.29, 1.82) is 0 Å². The van der Waals surface area contributed by atoms with Crippen molar-refractivity contribution >= 4 is 151 Å². The van der Waals surface area contributed by atoms with Crippen molar-refractivity contribution < 1.29 is 0 Å². The second kappa shape index (κ2) is 12.2. The second-order valence-electron chi connectivity index (χ2n) is 21.5. The van der Waals surface area contributed by atoms with E-state index in [-0.39, 0.29) is 10.8 Å². The van der Waals surface area contributed by atoms with Crippen LogP contribution in [0.5, 0.6) is 0 Å². The van der Waals surface area contributed by atoms with Gasteiger partial charge in [-0.05, 0) is 197 Å². The van der Waals surface area contributed by atoms with E-state index >= 15 is 0 Å². The Morgan fingerprint density at radius 2 is 0.485 bits per heavy atom. The van der Waals surface area contributed by atoms with E-state index < -0.39 is 0 Å². The lowest BCUT2D eigenvalue weighted by molar-refractivity contribution is 0.591. The summed E-state index contributed by atoms with van der Waals surface area (Å²) in [5, 5.41) is 37.5. The van der Waals surface area contributed by atoms with Crippen LogP contribution in [-0.4, -0.2) is 0 Å². The van der Waals surface area contributed by atoms with E-state index in [9.17, 15) is 0 Å². The summed E-state index contributed by atoms with van der Waals surface area (Å²) < 4.78 is 0. The first-order valence-corrected chi connectivity index (χ1v) is 23.8. The van der Waals surface area contributed by atoms with Crippen LogP contribution in [0.2, 0.25) is 0 Å². The summed E-state index contributed by atoms with van der Waals surface area (Å²) in [5.74, 6) is 0. The van der Waals surface area contributed by atoms with Gasteiger partial charge in [0, 0.05) is 0 Å². The Labute approximate surface area is 382 Å². The normalized spacial score (nSPS) is 13.3. The summed E-state index contributed by atoms with van der Waals surface area (Å²) in [4.78, 5) is 0. The SMILES string of the molecule is CC(C)(C)c1ccc2c3cc4ccccc4c4c5c6ccccc6ccc5c5c6c7cc(C(C)(C)C)ccc7c7cc8ccccc8c8c9c%10ccccc%10ccc9c(c(c2c1)c5c34)c6c78. The van der Waals surface area contributed by atoms with Gasteiger partial charge in [-0.25, -0.2) is 0 Å². The van der Waals surface area contributed by atoms with Crippen LogP contribution in [0.25, 0.3) is 151 Å². The molecule has 0 nitrogen and oxygen atoms in total. The van der Waals surface area contributed by atoms with Crippen molar-refractivity contribution in [2.45, 2.75) is 52.4 Å². The topological polar surface area (TPSA) is 0 Å². The van der Waals surface area contributed by atoms with Crippen molar-refractivity contribution in [3.05, 3.63) is 181 Å². The summed E-state index contributed by atoms with van der Waals surface area (Å²) in [6.45, 7) is 14.2. The molecule has 0 aliphatic heterocycles. The minimum absolute atomic E-state index is 0.0457. The molecule has 15 rings (SSSR count). The maximum atomic E-state index is 2.58. The Bertz CT molecular complexity index is 4360. The second-order valence-corrected chi connectivity index (χ2v) is 21.5. The number of hydrogen-bond acceptors (Lipinski definition) is 0. The minimum Gasteiger partial charge on any atom is -0.0616 e. The Balaban J connectivity index is 1.42. The predicted molar refractivity (Wildman–Crippen MR) is 291 cm³/mol. The maximum absolute atomic E-state index is 2.58. The molecule has 0 bridgehead atoms. The zero-order valence-corrected chi connectivity index (χ0v) is 38.2. The highest BCUT2D eigenvalue weighted by molar-refractivity contribution is 6.58. The molecule has 0 heterocycles. The van der Waals surface area contributed by atoms with Gasteiger partial charge >= 0.3 is 0 Å². The van der Waals surface area contributed by atoms with Crippen LogP contribution >= 0.6 is 0 Å². The van der Waals surface area contributed by atoms with Gasteiger partial charge in [-0.2, -0.15) is 0 Å². The molecule has 15 aromatic carbocycles. The molecular weight excluding hydrogens is 793 g/mol. The molecule has 0 unspecified atom stereocenters. The van der Waals surface area contributed by atoms with Crippen molar-refractivity contribution in [3.8, 4) is 0 Å². The van der Waals surface area contributed by atoms with Gasteiger partial charge in [-0.1, -0.05) is 187 Å². The lowest BCUT2D eigenvalue weighted by Crippen LogP contribution is -2.11. The molecule has 0 aromatic heterocycles. The molecule has 0 spiro atoms. The van der Waals surface area contributed by atoms with Crippen molar-refractivity contribution in [2.75, 3.05) is 0 Å². The van der Waals surface area contributed by atoms with E-state index in [4.69, 9.17) is 0 Å². The molecule has 0 aliphatic carbocycles. The summed E-state index contributed by atoms with van der Waals surface area (Å²) >= 11 is 0. The quantitative estimate of drug-likeness (QED) is 0.105. The van der Waals surface area contributed by atoms with Gasteiger partial charge in [-0.15, -0.1) is 0 Å². The first-order valence-electron chi connectivity index (χ1n) is 23.8. The summed E-state index contributed by atoms with van der Waals surface area (Å²) in [7, 11) is 0. The fraction of sp³-hybridized carbons (Fsp3) is 0.121. The van der Waals surface area contributed by atoms with Gasteiger partial charge in [0.25, 0.3) is 0 Å². The van der Waals surface area contributed by atoms with Crippen molar-refractivity contribution in [1.82, 2.24) is 0 Å². The van der Waals surface area contributed by atoms with Crippen LogP contribution < -0.4 is 0 Å². The van der Waals surface area contributed by atoms with Gasteiger partial charge in [0.15, 0.2) is 0 Å². The number of benzene rings is 15. The Morgan fingerprint density at radius 3 is 0.864 bits per heavy atom. The Kier molecular flexibility index (Phi) is 6.80. The standard InChI is InChI=1S/C66H46/c1-65(2,3)39-25-29-45-49-31-37-17-9-13-21-43(37)55-54-42-20-12-8-16-36(42)24-28-48(54)58-62-52-34-40(66(4,5)6)26-30-46(52)50-32-38-18-10-14-22-44(38)56-53-41-19-11-7-15-35(41)23-27-47(53)57(64(62)60(50)56)61(51(45)33-39)63(58)59(49)55/h7-34H,1-6H3. The third kappa shape index (κ3) is 4.50. The van der Waals surface area contributed by atoms with Crippen molar-refractivity contribution in [2.24, 2.45) is 0 Å². The molecule has 0 fully saturated rings. The van der Waals surface area contributed by atoms with Crippen LogP contribution in [0.3, 0.4) is 0 Å². The lowest BCUT2D eigenvalue weighted by atomic mass is 9.75. The zero-order chi connectivity index (χ0) is 44.1. The first kappa shape index (κ1) is 36.8. The van der Waals surface area contributed by atoms with Crippen LogP contribution in [0, 0.1) is 0 Å². The maximum Gasteiger partial charge on any atom is -0.0000694 e. The third-order valence-corrected chi connectivity index (χ3v) is 15.9. The van der Waals surface area contributed by atoms with E-state index in [1.165, 1.54) is 162 Å². The highest BCUT2D eigenvalue weighted by Crippen LogP contribution is 2.58. The average molecular weight is 839 g/mol. The van der Waals surface area contributed by atoms with Crippen molar-refractivity contribution in [3.63, 3.8) is 0 Å². The van der Waals surface area contributed by atoms with Crippen LogP contribution in [-0.2, 0) is 10.8 Å². The van der Waals surface area contributed by atoms with E-state index in [0.29, 0.717) is 0 Å². The Hall–Kier alpha value is -7.54. The monoisotopic (exact) mass is 838 g/mol. The Morgan fingerprint density at radius 1 is 0.197 bits per heavy atom. The molecule has 0 saturated heterocycles. The average Bonchev–Trinajstić information content (AvgIpc) is 3.33. The molecule has 0 heteroatoms. The molecule has 0 aliphatic rings. The molecule has 310 valence electrons. The summed E-state index contributed by atoms with van der Waals surface area (Å²) in [5.41, 5.74) is 2.62. The van der Waals surface area contributed by atoms with Crippen LogP contribution in [0.15, 0.2) is 170 Å². The largest absolute Gasteiger partial charge is 0.0616 e. The van der Waals surface area contributed by atoms with Crippen LogP contribution in [0.4, 0.5) is 0 Å². The van der Waals surface area contributed by atoms with Gasteiger partial charge in [0.1, 0.15) is 0 Å². The summed E-state index contributed by atoms with van der Waals surface area (Å²) in [6.07, 6.45) is 0. The van der Waals surface area contributed by atoms with E-state index in [1.807, 2.05) is 0 Å². The smallest absolute Gasteiger partial charge is 0.0000694 e. The molecule has 0 radical (unpaired) electrons. The van der Waals surface area contributed by atoms with Crippen LogP contribution in [0.1, 0.15) is 52.7 Å². The van der Waals surface area contributed by atoms with E-state index in [2.05, 4.69) is 211 Å². The van der Waals surface area contributed by atoms with E-state index in [1.54, 1.807) is 0 Å². The molecule has 0 saturated carbocycles. The molecular formula is C66H46. The third-order valence-electron chi connectivity index (χ3n) is 15.9. The van der Waals surface area contributed by atoms with E-state index in [0.717, 1.165) is 0 Å². The number of hydrogen-bond donors (Lipinski definition) is 0. The molecule has 0 atom stereocenters. The first-order chi connectivity index (χ1) is 32.0. The fourth-order valence-corrected chi connectivity index (χ4v) is 12.9. The van der Waals surface area contributed by atoms with Gasteiger partial charge in [-0.3, -0.25) is 0 Å². The van der Waals surface area contributed by atoms with Gasteiger partial charge in [0.2, 0.25) is 0 Å². The molecule has 15 aromatic rings. The molecule has 0 amide bonds. The molecule has 0 N–H and O–H groups in total. The highest BCUT2D eigenvalue weighted by Gasteiger charge is 2.30. The number of fused-ring (bicyclic) bond motifs is 22. The van der Waals surface area contributed by atoms with Gasteiger partial charge < -0.3 is 0 Å². The predicted octanol–water partition coefficient (Wildman–Crippen LogP) is 19.3. The fourth-order valence-electron chi connectivity index (χ4n) is 12.9. The van der Waals surface area contributed by atoms with Gasteiger partial charge in [0.05, 0.1) is 0 Å². The zero-order valence-electron chi connectivity index (χ0n) is 38.2. The lowest BCUT2D eigenvalue weighted by Gasteiger charge is -2.28. The summed E-state index contributed by atoms with van der Waals surface area (Å²) in [6, 6.07) is 66.2.